The van der Waals surface area contributed by atoms with Crippen molar-refractivity contribution in [3.05, 3.63) is 44.2 Å². The van der Waals surface area contributed by atoms with Gasteiger partial charge in [0.25, 0.3) is 0 Å². The molecule has 0 aliphatic carbocycles. The summed E-state index contributed by atoms with van der Waals surface area (Å²) >= 11 is 14.0. The first-order valence-electron chi connectivity index (χ1n) is 4.98. The van der Waals surface area contributed by atoms with E-state index in [9.17, 15) is 4.79 Å². The van der Waals surface area contributed by atoms with Crippen LogP contribution in [0.5, 0.6) is 0 Å². The van der Waals surface area contributed by atoms with Crippen LogP contribution in [-0.4, -0.2) is 15.7 Å². The highest BCUT2D eigenvalue weighted by Crippen LogP contribution is 2.29. The molecule has 4 nitrogen and oxygen atoms in total. The van der Waals surface area contributed by atoms with Crippen LogP contribution in [0.1, 0.15) is 0 Å². The summed E-state index contributed by atoms with van der Waals surface area (Å²) in [5, 5.41) is 7.46. The number of rotatable bonds is 3. The second kappa shape index (κ2) is 5.90. The molecule has 0 saturated heterocycles. The fraction of sp³-hybridized carbons (Fsp3) is 0.0909. The van der Waals surface area contributed by atoms with Crippen LogP contribution in [0.4, 0.5) is 5.69 Å². The van der Waals surface area contributed by atoms with Crippen LogP contribution in [0.15, 0.2) is 30.6 Å². The second-order valence-electron chi connectivity index (χ2n) is 3.51. The Morgan fingerprint density at radius 1 is 1.44 bits per heavy atom. The molecule has 1 heterocycles. The summed E-state index contributed by atoms with van der Waals surface area (Å²) in [6.45, 7) is 0.131. The molecule has 0 aliphatic heterocycles. The van der Waals surface area contributed by atoms with Crippen molar-refractivity contribution in [2.75, 3.05) is 5.32 Å². The number of carbonyl (C=O) groups is 1. The van der Waals surface area contributed by atoms with Crippen molar-refractivity contribution >= 4 is 57.4 Å². The third-order valence-electron chi connectivity index (χ3n) is 2.13. The van der Waals surface area contributed by atoms with E-state index in [-0.39, 0.29) is 12.5 Å². The van der Waals surface area contributed by atoms with Crippen LogP contribution < -0.4 is 5.32 Å². The van der Waals surface area contributed by atoms with Crippen molar-refractivity contribution in [3.8, 4) is 0 Å². The predicted molar refractivity (Wildman–Crippen MR) is 80.0 cm³/mol. The number of nitrogens with one attached hydrogen (secondary N) is 1. The van der Waals surface area contributed by atoms with Crippen molar-refractivity contribution in [1.82, 2.24) is 9.78 Å². The fourth-order valence-electron chi connectivity index (χ4n) is 1.36. The average Bonchev–Trinajstić information content (AvgIpc) is 2.70. The van der Waals surface area contributed by atoms with Crippen molar-refractivity contribution in [2.24, 2.45) is 0 Å². The van der Waals surface area contributed by atoms with Gasteiger partial charge in [0.15, 0.2) is 0 Å². The molecule has 0 saturated carbocycles. The molecule has 7 heteroatoms. The van der Waals surface area contributed by atoms with Gasteiger partial charge in [-0.15, -0.1) is 0 Å². The van der Waals surface area contributed by atoms with E-state index < -0.39 is 0 Å². The third kappa shape index (κ3) is 3.37. The molecule has 0 atom stereocenters. The molecule has 0 spiro atoms. The molecule has 0 bridgehead atoms. The molecule has 0 radical (unpaired) electrons. The number of benzene rings is 1. The number of halogens is 3. The zero-order valence-corrected chi connectivity index (χ0v) is 12.7. The Morgan fingerprint density at radius 2 is 2.22 bits per heavy atom. The van der Waals surface area contributed by atoms with Crippen LogP contribution in [0.3, 0.4) is 0 Å². The quantitative estimate of drug-likeness (QED) is 0.809. The molecule has 1 aromatic heterocycles. The van der Waals surface area contributed by atoms with Gasteiger partial charge < -0.3 is 5.32 Å². The molecule has 0 aliphatic rings. The molecule has 2 rings (SSSR count). The van der Waals surface area contributed by atoms with E-state index in [1.54, 1.807) is 35.3 Å². The summed E-state index contributed by atoms with van der Waals surface area (Å²) in [4.78, 5) is 11.8. The van der Waals surface area contributed by atoms with Crippen LogP contribution >= 0.6 is 45.8 Å². The summed E-state index contributed by atoms with van der Waals surface area (Å²) in [5.41, 5.74) is 0.496. The molecule has 1 N–H and O–H groups in total. The summed E-state index contributed by atoms with van der Waals surface area (Å²) < 4.78 is 2.52. The lowest BCUT2D eigenvalue weighted by Crippen LogP contribution is -2.19. The van der Waals surface area contributed by atoms with Crippen LogP contribution in [0.25, 0.3) is 0 Å². The maximum absolute atomic E-state index is 11.8. The zero-order chi connectivity index (χ0) is 13.1. The highest BCUT2D eigenvalue weighted by atomic mass is 127. The lowest BCUT2D eigenvalue weighted by Gasteiger charge is -2.08. The first kappa shape index (κ1) is 13.6. The molecule has 0 unspecified atom stereocenters. The maximum Gasteiger partial charge on any atom is 0.246 e. The van der Waals surface area contributed by atoms with Gasteiger partial charge in [-0.05, 0) is 34.7 Å². The van der Waals surface area contributed by atoms with Gasteiger partial charge in [-0.1, -0.05) is 29.3 Å². The van der Waals surface area contributed by atoms with E-state index in [2.05, 4.69) is 33.0 Å². The molecule has 2 aromatic rings. The summed E-state index contributed by atoms with van der Waals surface area (Å²) in [5.74, 6) is -0.210. The lowest BCUT2D eigenvalue weighted by molar-refractivity contribution is -0.116. The fourth-order valence-corrected chi connectivity index (χ4v) is 2.16. The van der Waals surface area contributed by atoms with Gasteiger partial charge in [0, 0.05) is 6.20 Å². The number of carbonyl (C=O) groups excluding carboxylic acids is 1. The van der Waals surface area contributed by atoms with Gasteiger partial charge in [-0.25, -0.2) is 0 Å². The zero-order valence-electron chi connectivity index (χ0n) is 9.03. The van der Waals surface area contributed by atoms with Crippen LogP contribution in [0.2, 0.25) is 10.0 Å². The van der Waals surface area contributed by atoms with Gasteiger partial charge in [0.1, 0.15) is 6.54 Å². The summed E-state index contributed by atoms with van der Waals surface area (Å²) in [6.07, 6.45) is 3.46. The molecular formula is C11H8Cl2IN3O. The van der Waals surface area contributed by atoms with E-state index in [1.807, 2.05) is 0 Å². The lowest BCUT2D eigenvalue weighted by atomic mass is 10.3. The Labute approximate surface area is 127 Å². The minimum atomic E-state index is -0.210. The van der Waals surface area contributed by atoms with Crippen molar-refractivity contribution in [1.29, 1.82) is 0 Å². The predicted octanol–water partition coefficient (Wildman–Crippen LogP) is 3.43. The monoisotopic (exact) mass is 395 g/mol. The third-order valence-corrected chi connectivity index (χ3v) is 3.51. The average molecular weight is 396 g/mol. The van der Waals surface area contributed by atoms with Crippen molar-refractivity contribution < 1.29 is 4.79 Å². The van der Waals surface area contributed by atoms with Gasteiger partial charge in [0.2, 0.25) is 5.91 Å². The SMILES string of the molecule is O=C(Cn1cc(I)cn1)Nc1cccc(Cl)c1Cl. The van der Waals surface area contributed by atoms with Gasteiger partial charge in [-0.2, -0.15) is 5.10 Å². The molecule has 1 aromatic carbocycles. The first-order valence-corrected chi connectivity index (χ1v) is 6.81. The summed E-state index contributed by atoms with van der Waals surface area (Å²) in [7, 11) is 0. The molecule has 0 fully saturated rings. The second-order valence-corrected chi connectivity index (χ2v) is 5.54. The van der Waals surface area contributed by atoms with E-state index in [4.69, 9.17) is 23.2 Å². The van der Waals surface area contributed by atoms with Crippen LogP contribution in [-0.2, 0) is 11.3 Å². The Balaban J connectivity index is 2.05. The van der Waals surface area contributed by atoms with Gasteiger partial charge in [-0.3, -0.25) is 9.48 Å². The summed E-state index contributed by atoms with van der Waals surface area (Å²) in [6, 6.07) is 5.08. The topological polar surface area (TPSA) is 46.9 Å². The van der Waals surface area contributed by atoms with E-state index >= 15 is 0 Å². The number of anilines is 1. The van der Waals surface area contributed by atoms with E-state index in [0.717, 1.165) is 3.57 Å². The minimum absolute atomic E-state index is 0.131. The van der Waals surface area contributed by atoms with Crippen molar-refractivity contribution in [2.45, 2.75) is 6.54 Å². The van der Waals surface area contributed by atoms with E-state index in [0.29, 0.717) is 15.7 Å². The molecule has 18 heavy (non-hydrogen) atoms. The minimum Gasteiger partial charge on any atom is -0.323 e. The smallest absolute Gasteiger partial charge is 0.246 e. The van der Waals surface area contributed by atoms with Crippen LogP contribution in [0, 0.1) is 3.57 Å². The Hall–Kier alpha value is -0.790. The molecular weight excluding hydrogens is 388 g/mol. The number of nitrogens with zero attached hydrogens (tertiary/aromatic N) is 2. The Morgan fingerprint density at radius 3 is 2.89 bits per heavy atom. The number of hydrogen-bond acceptors (Lipinski definition) is 2. The van der Waals surface area contributed by atoms with Gasteiger partial charge >= 0.3 is 0 Å². The Bertz CT molecular complexity index is 585. The maximum atomic E-state index is 11.8. The number of hydrogen-bond donors (Lipinski definition) is 1. The standard InChI is InChI=1S/C11H8Cl2IN3O/c12-8-2-1-3-9(11(8)13)16-10(18)6-17-5-7(14)4-15-17/h1-5H,6H2,(H,16,18). The highest BCUT2D eigenvalue weighted by Gasteiger charge is 2.09. The number of aromatic nitrogens is 2. The largest absolute Gasteiger partial charge is 0.323 e. The van der Waals surface area contributed by atoms with Gasteiger partial charge in [0.05, 0.1) is 25.5 Å². The normalized spacial score (nSPS) is 10.4. The highest BCUT2D eigenvalue weighted by molar-refractivity contribution is 14.1. The van der Waals surface area contributed by atoms with Crippen molar-refractivity contribution in [3.63, 3.8) is 0 Å². The molecule has 94 valence electrons. The molecule has 1 amide bonds. The Kier molecular flexibility index (Phi) is 4.47. The number of amides is 1. The first-order chi connectivity index (χ1) is 8.56. The van der Waals surface area contributed by atoms with E-state index in [1.165, 1.54) is 0 Å².